The zero-order chi connectivity index (χ0) is 48.0. The smallest absolute Gasteiger partial charge is 0.320 e. The van der Waals surface area contributed by atoms with Crippen LogP contribution in [0.3, 0.4) is 0 Å². The number of carbonyl (C=O) groups excluding carboxylic acids is 5. The quantitative estimate of drug-likeness (QED) is 0.193. The number of ether oxygens (including phenoxy) is 2. The number of nitrogens with zero attached hydrogens (tertiary/aromatic N) is 7. The average molecular weight is 938 g/mol. The fourth-order valence-electron chi connectivity index (χ4n) is 10.8. The Kier molecular flexibility index (Phi) is 13.7. The van der Waals surface area contributed by atoms with E-state index in [-0.39, 0.29) is 37.0 Å². The first kappa shape index (κ1) is 48.2. The van der Waals surface area contributed by atoms with Gasteiger partial charge in [0.05, 0.1) is 46.8 Å². The zero-order valence-corrected chi connectivity index (χ0v) is 41.3. The Hall–Kier alpha value is -5.23. The number of likely N-dealkylation sites (tertiary alicyclic amines) is 2. The van der Waals surface area contributed by atoms with Crippen LogP contribution in [-0.2, 0) is 48.0 Å². The Morgan fingerprint density at radius 3 is 2.58 bits per heavy atom. The topological polar surface area (TPSA) is 172 Å². The van der Waals surface area contributed by atoms with E-state index in [4.69, 9.17) is 19.4 Å². The van der Waals surface area contributed by atoms with Gasteiger partial charge in [0, 0.05) is 94.0 Å². The maximum Gasteiger partial charge on any atom is 0.320 e. The lowest BCUT2D eigenvalue weighted by Gasteiger charge is -2.42. The first-order chi connectivity index (χ1) is 31.9. The molecule has 3 fully saturated rings. The molecule has 1 spiro atoms. The van der Waals surface area contributed by atoms with Crippen LogP contribution in [0.5, 0.6) is 0 Å². The standard InChI is InChI=1S/C50H67N9O7S/c1-10-58-39-15-14-33-23-35(39)36(43(58)34-13-11-19-51-41(34)32(4)65-9)25-48(5,6)29-66-30-50(28-60)16-12-20-59(54-50)45(62)37(24-40-52-38(33)26-67-40)53-44(61)42(31(2)3)56(8)47(64)57-22-18-49(27-57)17-21-55(7)46(49)63/h11,13-15,19,23,26,28,31-32,37,42,54H,10,12,16-18,20-22,24-25,27,29-30H2,1-9H3,(H,53,61)/t32-,37-,42-,49-,50?/m0/s1. The third-order valence-electron chi connectivity index (χ3n) is 14.5. The summed E-state index contributed by atoms with van der Waals surface area (Å²) in [5.74, 6) is -1.17. The number of methoxy groups -OCH3 is 1. The molecule has 5 atom stereocenters. The number of aromatic nitrogens is 3. The Morgan fingerprint density at radius 2 is 1.88 bits per heavy atom. The van der Waals surface area contributed by atoms with E-state index in [1.807, 2.05) is 32.2 Å². The second kappa shape index (κ2) is 19.0. The minimum absolute atomic E-state index is 0.0322. The molecule has 4 aromatic rings. The van der Waals surface area contributed by atoms with Crippen molar-refractivity contribution in [3.63, 3.8) is 0 Å². The lowest BCUT2D eigenvalue weighted by atomic mass is 9.84. The highest BCUT2D eigenvalue weighted by Crippen LogP contribution is 2.43. The molecule has 0 saturated carbocycles. The molecular formula is C50H67N9O7S. The van der Waals surface area contributed by atoms with Gasteiger partial charge in [-0.1, -0.05) is 33.8 Å². The summed E-state index contributed by atoms with van der Waals surface area (Å²) >= 11 is 1.41. The fraction of sp³-hybridized carbons (Fsp3) is 0.580. The minimum Gasteiger partial charge on any atom is -0.378 e. The molecule has 1 unspecified atom stereocenters. The van der Waals surface area contributed by atoms with Crippen LogP contribution in [0.4, 0.5) is 4.79 Å². The van der Waals surface area contributed by atoms with Crippen molar-refractivity contribution in [3.8, 4) is 22.5 Å². The van der Waals surface area contributed by atoms with E-state index < -0.39 is 40.3 Å². The number of hydrazine groups is 1. The molecule has 0 aliphatic carbocycles. The molecule has 67 heavy (non-hydrogen) atoms. The zero-order valence-electron chi connectivity index (χ0n) is 40.5. The number of benzene rings is 1. The summed E-state index contributed by atoms with van der Waals surface area (Å²) in [5, 5.41) is 8.20. The molecule has 1 aromatic carbocycles. The van der Waals surface area contributed by atoms with Crippen molar-refractivity contribution < 1.29 is 33.4 Å². The number of carbonyl (C=O) groups is 5. The van der Waals surface area contributed by atoms with Gasteiger partial charge < -0.3 is 38.9 Å². The van der Waals surface area contributed by atoms with Crippen LogP contribution in [0.1, 0.15) is 89.6 Å². The summed E-state index contributed by atoms with van der Waals surface area (Å²) in [7, 11) is 5.10. The predicted octanol–water partition coefficient (Wildman–Crippen LogP) is 5.88. The molecule has 2 N–H and O–H groups in total. The third kappa shape index (κ3) is 9.23. The normalized spacial score (nSPS) is 24.3. The van der Waals surface area contributed by atoms with E-state index in [2.05, 4.69) is 60.3 Å². The van der Waals surface area contributed by atoms with Gasteiger partial charge in [0.2, 0.25) is 11.8 Å². The van der Waals surface area contributed by atoms with Gasteiger partial charge in [-0.25, -0.2) is 15.2 Å². The molecule has 360 valence electrons. The van der Waals surface area contributed by atoms with Crippen molar-refractivity contribution in [2.45, 2.75) is 110 Å². The number of likely N-dealkylation sites (N-methyl/N-ethyl adjacent to an activating group) is 1. The van der Waals surface area contributed by atoms with Crippen molar-refractivity contribution >= 4 is 52.3 Å². The number of thiazole rings is 1. The van der Waals surface area contributed by atoms with Gasteiger partial charge in [0.15, 0.2) is 0 Å². The number of aryl methyl sites for hydroxylation is 1. The summed E-state index contributed by atoms with van der Waals surface area (Å²) in [6.07, 6.45) is 5.37. The number of hydrogen-bond donors (Lipinski definition) is 2. The van der Waals surface area contributed by atoms with Crippen molar-refractivity contribution in [1.29, 1.82) is 0 Å². The second-order valence-electron chi connectivity index (χ2n) is 20.3. The number of rotatable bonds is 9. The molecule has 8 rings (SSSR count). The first-order valence-electron chi connectivity index (χ1n) is 23.7. The monoisotopic (exact) mass is 937 g/mol. The molecule has 4 aliphatic heterocycles. The maximum atomic E-state index is 14.8. The van der Waals surface area contributed by atoms with Crippen molar-refractivity contribution in [2.24, 2.45) is 16.7 Å². The lowest BCUT2D eigenvalue weighted by Crippen LogP contribution is -2.66. The molecule has 0 radical (unpaired) electrons. The number of nitrogens with one attached hydrogen (secondary N) is 2. The van der Waals surface area contributed by atoms with Gasteiger partial charge in [0.25, 0.3) is 5.91 Å². The van der Waals surface area contributed by atoms with Crippen LogP contribution in [0, 0.1) is 16.7 Å². The Morgan fingerprint density at radius 1 is 1.10 bits per heavy atom. The molecule has 16 nitrogen and oxygen atoms in total. The van der Waals surface area contributed by atoms with Gasteiger partial charge in [-0.05, 0) is 87.1 Å². The molecule has 17 heteroatoms. The minimum atomic E-state index is -1.19. The molecule has 6 bridgehead atoms. The van der Waals surface area contributed by atoms with E-state index in [1.54, 1.807) is 37.2 Å². The Bertz CT molecular complexity index is 2540. The van der Waals surface area contributed by atoms with Crippen molar-refractivity contribution in [1.82, 2.24) is 45.0 Å². The van der Waals surface area contributed by atoms with Gasteiger partial charge >= 0.3 is 6.03 Å². The molecule has 3 aromatic heterocycles. The summed E-state index contributed by atoms with van der Waals surface area (Å²) < 4.78 is 14.7. The van der Waals surface area contributed by atoms with Crippen molar-refractivity contribution in [3.05, 3.63) is 58.2 Å². The Labute approximate surface area is 397 Å². The van der Waals surface area contributed by atoms with Gasteiger partial charge in [-0.3, -0.25) is 24.4 Å². The highest BCUT2D eigenvalue weighted by molar-refractivity contribution is 7.10. The van der Waals surface area contributed by atoms with E-state index >= 15 is 0 Å². The highest BCUT2D eigenvalue weighted by atomic mass is 32.1. The first-order valence-corrected chi connectivity index (χ1v) is 24.6. The third-order valence-corrected chi connectivity index (χ3v) is 15.4. The molecule has 3 saturated heterocycles. The van der Waals surface area contributed by atoms with Crippen LogP contribution < -0.4 is 10.7 Å². The SMILES string of the molecule is CCn1c(-c2cccnc2[C@H](C)OC)c2c3cc(ccc31)-c1csc(n1)C[C@H](NC(=O)[C@H](C(C)C)N(C)C(=O)N1CC[C@@]3(CCN(C)C3=O)C1)C(=O)N1CCCC(C=O)(COCC(C)(C)C2)N1. The molecule has 5 amide bonds. The van der Waals surface area contributed by atoms with Crippen LogP contribution in [0.25, 0.3) is 33.4 Å². The van der Waals surface area contributed by atoms with E-state index in [0.717, 1.165) is 51.0 Å². The number of hydrogen-bond acceptors (Lipinski definition) is 11. The van der Waals surface area contributed by atoms with Gasteiger partial charge in [-0.2, -0.15) is 0 Å². The van der Waals surface area contributed by atoms with Gasteiger partial charge in [-0.15, -0.1) is 11.3 Å². The molecule has 4 aliphatic rings. The average Bonchev–Trinajstić information content (AvgIpc) is 4.10. The largest absolute Gasteiger partial charge is 0.378 e. The summed E-state index contributed by atoms with van der Waals surface area (Å²) in [4.78, 5) is 84.5. The van der Waals surface area contributed by atoms with E-state index in [9.17, 15) is 24.0 Å². The summed E-state index contributed by atoms with van der Waals surface area (Å²) in [5.41, 5.74) is 7.86. The number of aldehydes is 1. The van der Waals surface area contributed by atoms with Gasteiger partial charge in [0.1, 0.15) is 23.9 Å². The number of fused-ring (bicyclic) bond motifs is 6. The van der Waals surface area contributed by atoms with E-state index in [1.165, 1.54) is 21.2 Å². The maximum absolute atomic E-state index is 14.8. The fourth-order valence-corrected chi connectivity index (χ4v) is 11.7. The summed E-state index contributed by atoms with van der Waals surface area (Å²) in [6, 6.07) is 8.15. The second-order valence-corrected chi connectivity index (χ2v) is 21.3. The van der Waals surface area contributed by atoms with Crippen LogP contribution in [-0.4, -0.2) is 143 Å². The van der Waals surface area contributed by atoms with Crippen LogP contribution in [0.2, 0.25) is 0 Å². The highest BCUT2D eigenvalue weighted by Gasteiger charge is 2.52. The van der Waals surface area contributed by atoms with Crippen molar-refractivity contribution in [2.75, 3.05) is 60.6 Å². The number of amides is 5. The van der Waals surface area contributed by atoms with Crippen LogP contribution in [0.15, 0.2) is 41.9 Å². The number of urea groups is 1. The van der Waals surface area contributed by atoms with E-state index in [0.29, 0.717) is 76.4 Å². The summed E-state index contributed by atoms with van der Waals surface area (Å²) in [6.45, 7) is 15.0. The lowest BCUT2D eigenvalue weighted by molar-refractivity contribution is -0.147. The molecule has 7 heterocycles. The Balaban J connectivity index is 1.16. The molecular weight excluding hydrogens is 871 g/mol. The predicted molar refractivity (Wildman–Crippen MR) is 257 cm³/mol. The number of pyridine rings is 1. The van der Waals surface area contributed by atoms with Crippen LogP contribution >= 0.6 is 11.3 Å².